The fourth-order valence-electron chi connectivity index (χ4n) is 2.02. The van der Waals surface area contributed by atoms with Gasteiger partial charge in [0.1, 0.15) is 17.9 Å². The lowest BCUT2D eigenvalue weighted by Gasteiger charge is -2.06. The van der Waals surface area contributed by atoms with Crippen molar-refractivity contribution >= 4 is 11.6 Å². The maximum Gasteiger partial charge on any atom is 0.339 e. The summed E-state index contributed by atoms with van der Waals surface area (Å²) in [6.45, 7) is 0.0609. The number of aromatic nitrogens is 2. The third-order valence-corrected chi connectivity index (χ3v) is 2.98. The second-order valence-corrected chi connectivity index (χ2v) is 4.41. The zero-order chi connectivity index (χ0) is 14.8. The van der Waals surface area contributed by atoms with E-state index in [0.29, 0.717) is 5.69 Å². The van der Waals surface area contributed by atoms with Crippen molar-refractivity contribution in [1.82, 2.24) is 9.38 Å². The number of para-hydroxylation sites is 1. The molecule has 0 aliphatic rings. The summed E-state index contributed by atoms with van der Waals surface area (Å²) in [4.78, 5) is 15.2. The van der Waals surface area contributed by atoms with Crippen molar-refractivity contribution < 1.29 is 19.0 Å². The number of rotatable bonds is 4. The van der Waals surface area contributed by atoms with Gasteiger partial charge in [-0.1, -0.05) is 12.1 Å². The van der Waals surface area contributed by atoms with Crippen LogP contribution in [0, 0.1) is 5.82 Å². The number of imidazole rings is 1. The maximum atomic E-state index is 13.5. The molecule has 0 unspecified atom stereocenters. The van der Waals surface area contributed by atoms with Crippen LogP contribution in [0.2, 0.25) is 0 Å². The molecule has 1 N–H and O–H groups in total. The summed E-state index contributed by atoms with van der Waals surface area (Å²) in [5.74, 6) is -1.23. The molecule has 0 aliphatic heterocycles. The Hall–Kier alpha value is -2.89. The molecule has 0 atom stereocenters. The number of fused-ring (bicyclic) bond motifs is 1. The van der Waals surface area contributed by atoms with E-state index in [-0.39, 0.29) is 23.6 Å². The molecule has 0 saturated heterocycles. The molecule has 2 heterocycles. The minimum atomic E-state index is -1.06. The number of carboxylic acids is 1. The van der Waals surface area contributed by atoms with Crippen molar-refractivity contribution in [3.05, 3.63) is 65.9 Å². The van der Waals surface area contributed by atoms with Gasteiger partial charge in [-0.15, -0.1) is 0 Å². The fraction of sp³-hybridized carbons (Fsp3) is 0.0667. The number of carbonyl (C=O) groups is 1. The molecule has 0 spiro atoms. The summed E-state index contributed by atoms with van der Waals surface area (Å²) in [6.07, 6.45) is 3.32. The Kier molecular flexibility index (Phi) is 3.27. The van der Waals surface area contributed by atoms with Crippen LogP contribution in [0.1, 0.15) is 16.1 Å². The average Bonchev–Trinajstić information content (AvgIpc) is 2.90. The molecule has 0 bridgehead atoms. The molecule has 3 rings (SSSR count). The normalized spacial score (nSPS) is 10.7. The standard InChI is InChI=1S/C15H11FN2O3/c16-12-5-3-7-18-8-10(17-14(12)18)9-21-13-6-2-1-4-11(13)15(19)20/h1-8H,9H2,(H,19,20). The average molecular weight is 286 g/mol. The van der Waals surface area contributed by atoms with E-state index in [1.807, 2.05) is 0 Å². The number of pyridine rings is 1. The predicted molar refractivity (Wildman–Crippen MR) is 72.9 cm³/mol. The van der Waals surface area contributed by atoms with E-state index in [1.165, 1.54) is 12.1 Å². The van der Waals surface area contributed by atoms with Crippen molar-refractivity contribution in [1.29, 1.82) is 0 Å². The summed E-state index contributed by atoms with van der Waals surface area (Å²) in [5.41, 5.74) is 0.801. The maximum absolute atomic E-state index is 13.5. The van der Waals surface area contributed by atoms with Gasteiger partial charge in [-0.3, -0.25) is 0 Å². The van der Waals surface area contributed by atoms with Gasteiger partial charge in [0.15, 0.2) is 11.5 Å². The SMILES string of the molecule is O=C(O)c1ccccc1OCc1cn2cccc(F)c2n1. The van der Waals surface area contributed by atoms with Crippen molar-refractivity contribution in [2.24, 2.45) is 0 Å². The highest BCUT2D eigenvalue weighted by Crippen LogP contribution is 2.19. The third kappa shape index (κ3) is 2.55. The van der Waals surface area contributed by atoms with Gasteiger partial charge in [0.2, 0.25) is 0 Å². The number of carboxylic acid groups (broad SMARTS) is 1. The van der Waals surface area contributed by atoms with E-state index in [2.05, 4.69) is 4.98 Å². The number of nitrogens with zero attached hydrogens (tertiary/aromatic N) is 2. The van der Waals surface area contributed by atoms with Crippen LogP contribution in [-0.4, -0.2) is 20.5 Å². The van der Waals surface area contributed by atoms with Gasteiger partial charge in [0, 0.05) is 12.4 Å². The van der Waals surface area contributed by atoms with Gasteiger partial charge >= 0.3 is 5.97 Å². The molecule has 0 saturated carbocycles. The number of hydrogen-bond acceptors (Lipinski definition) is 3. The van der Waals surface area contributed by atoms with Gasteiger partial charge in [0.05, 0.1) is 5.69 Å². The highest BCUT2D eigenvalue weighted by atomic mass is 19.1. The van der Waals surface area contributed by atoms with E-state index in [1.54, 1.807) is 41.1 Å². The van der Waals surface area contributed by atoms with E-state index in [4.69, 9.17) is 9.84 Å². The molecule has 21 heavy (non-hydrogen) atoms. The second-order valence-electron chi connectivity index (χ2n) is 4.41. The highest BCUT2D eigenvalue weighted by molar-refractivity contribution is 5.90. The van der Waals surface area contributed by atoms with Crippen LogP contribution in [0.5, 0.6) is 5.75 Å². The summed E-state index contributed by atoms with van der Waals surface area (Å²) in [5, 5.41) is 9.06. The van der Waals surface area contributed by atoms with E-state index in [0.717, 1.165) is 0 Å². The lowest BCUT2D eigenvalue weighted by molar-refractivity contribution is 0.0691. The van der Waals surface area contributed by atoms with Crippen molar-refractivity contribution in [2.45, 2.75) is 6.61 Å². The monoisotopic (exact) mass is 286 g/mol. The van der Waals surface area contributed by atoms with E-state index < -0.39 is 11.8 Å². The quantitative estimate of drug-likeness (QED) is 0.801. The molecule has 106 valence electrons. The molecule has 5 nitrogen and oxygen atoms in total. The summed E-state index contributed by atoms with van der Waals surface area (Å²) in [7, 11) is 0. The minimum absolute atomic E-state index is 0.0609. The number of aromatic carboxylic acids is 1. The molecule has 2 aromatic heterocycles. The summed E-state index contributed by atoms with van der Waals surface area (Å²) >= 11 is 0. The van der Waals surface area contributed by atoms with Crippen LogP contribution in [0.4, 0.5) is 4.39 Å². The fourth-order valence-corrected chi connectivity index (χ4v) is 2.02. The first-order valence-electron chi connectivity index (χ1n) is 6.22. The molecule has 6 heteroatoms. The van der Waals surface area contributed by atoms with Gasteiger partial charge in [-0.05, 0) is 24.3 Å². The molecular formula is C15H11FN2O3. The molecule has 0 fully saturated rings. The van der Waals surface area contributed by atoms with Gasteiger partial charge < -0.3 is 14.2 Å². The minimum Gasteiger partial charge on any atom is -0.486 e. The zero-order valence-corrected chi connectivity index (χ0v) is 10.9. The Morgan fingerprint density at radius 2 is 2.10 bits per heavy atom. The van der Waals surface area contributed by atoms with Crippen molar-refractivity contribution in [3.8, 4) is 5.75 Å². The lowest BCUT2D eigenvalue weighted by Crippen LogP contribution is -2.03. The first kappa shape index (κ1) is 13.1. The van der Waals surface area contributed by atoms with Crippen LogP contribution >= 0.6 is 0 Å². The zero-order valence-electron chi connectivity index (χ0n) is 10.9. The van der Waals surface area contributed by atoms with Crippen LogP contribution in [0.3, 0.4) is 0 Å². The molecule has 0 amide bonds. The van der Waals surface area contributed by atoms with Crippen LogP contribution in [0.15, 0.2) is 48.8 Å². The van der Waals surface area contributed by atoms with Gasteiger partial charge in [-0.2, -0.15) is 0 Å². The van der Waals surface area contributed by atoms with Crippen LogP contribution in [0.25, 0.3) is 5.65 Å². The molecule has 1 aromatic carbocycles. The summed E-state index contributed by atoms with van der Waals surface area (Å²) in [6, 6.07) is 9.24. The smallest absolute Gasteiger partial charge is 0.339 e. The Morgan fingerprint density at radius 1 is 1.29 bits per heavy atom. The number of benzene rings is 1. The Morgan fingerprint density at radius 3 is 2.86 bits per heavy atom. The molecule has 0 aliphatic carbocycles. The third-order valence-electron chi connectivity index (χ3n) is 2.98. The van der Waals surface area contributed by atoms with Gasteiger partial charge in [0.25, 0.3) is 0 Å². The lowest BCUT2D eigenvalue weighted by atomic mass is 10.2. The largest absolute Gasteiger partial charge is 0.486 e. The van der Waals surface area contributed by atoms with E-state index >= 15 is 0 Å². The predicted octanol–water partition coefficient (Wildman–Crippen LogP) is 2.75. The molecule has 0 radical (unpaired) electrons. The highest BCUT2D eigenvalue weighted by Gasteiger charge is 2.11. The molecular weight excluding hydrogens is 275 g/mol. The van der Waals surface area contributed by atoms with Crippen LogP contribution < -0.4 is 4.74 Å². The second kappa shape index (κ2) is 5.24. The Bertz CT molecular complexity index is 814. The number of hydrogen-bond donors (Lipinski definition) is 1. The Labute approximate surface area is 119 Å². The topological polar surface area (TPSA) is 63.8 Å². The molecule has 3 aromatic rings. The van der Waals surface area contributed by atoms with Crippen molar-refractivity contribution in [3.63, 3.8) is 0 Å². The van der Waals surface area contributed by atoms with Gasteiger partial charge in [-0.25, -0.2) is 14.2 Å². The first-order chi connectivity index (χ1) is 10.1. The first-order valence-corrected chi connectivity index (χ1v) is 6.22. The van der Waals surface area contributed by atoms with Crippen LogP contribution in [-0.2, 0) is 6.61 Å². The Balaban J connectivity index is 1.84. The summed E-state index contributed by atoms with van der Waals surface area (Å²) < 4.78 is 20.6. The van der Waals surface area contributed by atoms with Crippen molar-refractivity contribution in [2.75, 3.05) is 0 Å². The number of ether oxygens (including phenoxy) is 1. The van der Waals surface area contributed by atoms with E-state index in [9.17, 15) is 9.18 Å². The number of halogens is 1.